The molecular weight excluding hydrogens is 910 g/mol. The van der Waals surface area contributed by atoms with Crippen LogP contribution in [-0.2, 0) is 20.6 Å². The Labute approximate surface area is 381 Å². The average Bonchev–Trinajstić information content (AvgIpc) is 3.58. The van der Waals surface area contributed by atoms with Gasteiger partial charge in [0.15, 0.2) is 0 Å². The summed E-state index contributed by atoms with van der Waals surface area (Å²) in [6.07, 6.45) is 1.65. The minimum Gasteiger partial charge on any atom is -0.383 e. The molecule has 1 aliphatic heterocycles. The smallest absolute Gasteiger partial charge is 0.383 e. The van der Waals surface area contributed by atoms with Gasteiger partial charge in [-0.3, -0.25) is 4.21 Å². The molecule has 332 valence electrons. The van der Waals surface area contributed by atoms with Gasteiger partial charge in [0, 0.05) is 93.9 Å². The van der Waals surface area contributed by atoms with Crippen molar-refractivity contribution in [3.05, 3.63) is 132 Å². The Morgan fingerprint density at radius 1 is 0.810 bits per heavy atom. The van der Waals surface area contributed by atoms with Crippen molar-refractivity contribution >= 4 is 78.7 Å². The molecule has 1 unspecified atom stereocenters. The van der Waals surface area contributed by atoms with Gasteiger partial charge in [0.05, 0.1) is 27.1 Å². The first-order valence-corrected chi connectivity index (χ1v) is 25.3. The fourth-order valence-electron chi connectivity index (χ4n) is 7.75. The van der Waals surface area contributed by atoms with Crippen LogP contribution in [0.2, 0.25) is 5.02 Å². The van der Waals surface area contributed by atoms with E-state index in [1.54, 1.807) is 12.3 Å². The summed E-state index contributed by atoms with van der Waals surface area (Å²) in [5, 5.41) is 3.47. The van der Waals surface area contributed by atoms with Crippen molar-refractivity contribution in [1.82, 2.24) is 4.57 Å². The van der Waals surface area contributed by atoms with Crippen molar-refractivity contribution in [2.24, 2.45) is 0 Å². The second kappa shape index (κ2) is 19.6. The van der Waals surface area contributed by atoms with E-state index in [9.17, 15) is 25.8 Å². The standard InChI is InChI=1S/C46H46ClF4N5O3S4/c1-30(2)56-31(3)45(62(4)57)43(44(56)32-10-12-34(47)13-11-32)33-26-35(48)28-38(27-33)55-23-21-54(22-24-55)37-16-14-36(15-17-37)53-61-40-18-19-41(42(29-40)63(58,59)46(49,50)51)52-20-25-60-39-8-6-5-7-9-39/h5-19,26-30,52-53H,20-25H2,1-4H3. The van der Waals surface area contributed by atoms with E-state index in [1.807, 2.05) is 91.9 Å². The lowest BCUT2D eigenvalue weighted by Crippen LogP contribution is -2.46. The molecule has 1 aliphatic rings. The first-order chi connectivity index (χ1) is 30.0. The summed E-state index contributed by atoms with van der Waals surface area (Å²) in [4.78, 5) is 5.48. The second-order valence-corrected chi connectivity index (χ2v) is 20.9. The Morgan fingerprint density at radius 2 is 1.46 bits per heavy atom. The maximum absolute atomic E-state index is 15.6. The quantitative estimate of drug-likeness (QED) is 0.0452. The third-order valence-corrected chi connectivity index (χ3v) is 15.3. The predicted molar refractivity (Wildman–Crippen MR) is 253 cm³/mol. The number of rotatable bonds is 15. The van der Waals surface area contributed by atoms with Gasteiger partial charge in [-0.05, 0) is 129 Å². The molecular formula is C46H46ClF4N5O3S4. The highest BCUT2D eigenvalue weighted by atomic mass is 35.5. The molecule has 1 aromatic heterocycles. The molecule has 7 rings (SSSR count). The van der Waals surface area contributed by atoms with Crippen molar-refractivity contribution in [3.8, 4) is 22.4 Å². The fourth-order valence-corrected chi connectivity index (χ4v) is 11.4. The molecule has 63 heavy (non-hydrogen) atoms. The van der Waals surface area contributed by atoms with Crippen LogP contribution in [0.5, 0.6) is 0 Å². The first-order valence-electron chi connectivity index (χ1n) is 20.1. The summed E-state index contributed by atoms with van der Waals surface area (Å²) in [5.74, 6) is 0.120. The van der Waals surface area contributed by atoms with Gasteiger partial charge in [-0.1, -0.05) is 41.9 Å². The van der Waals surface area contributed by atoms with Crippen molar-refractivity contribution < 1.29 is 30.2 Å². The summed E-state index contributed by atoms with van der Waals surface area (Å²) < 4.78 is 101. The zero-order chi connectivity index (χ0) is 45.1. The third-order valence-electron chi connectivity index (χ3n) is 10.6. The topological polar surface area (TPSA) is 86.7 Å². The Kier molecular flexibility index (Phi) is 14.5. The highest BCUT2D eigenvalue weighted by Gasteiger charge is 2.48. The molecule has 1 saturated heterocycles. The highest BCUT2D eigenvalue weighted by Crippen LogP contribution is 2.44. The number of hydrogen-bond acceptors (Lipinski definition) is 9. The minimum absolute atomic E-state index is 0.0396. The van der Waals surface area contributed by atoms with E-state index in [0.29, 0.717) is 53.1 Å². The Balaban J connectivity index is 1.02. The third kappa shape index (κ3) is 10.5. The van der Waals surface area contributed by atoms with Crippen LogP contribution in [0.3, 0.4) is 0 Å². The lowest BCUT2D eigenvalue weighted by atomic mass is 9.99. The van der Waals surface area contributed by atoms with Crippen LogP contribution in [0.25, 0.3) is 22.4 Å². The molecule has 0 radical (unpaired) electrons. The number of alkyl halides is 3. The Bertz CT molecular complexity index is 2690. The summed E-state index contributed by atoms with van der Waals surface area (Å²) >= 11 is 8.77. The number of piperazine rings is 1. The number of hydrogen-bond donors (Lipinski definition) is 2. The van der Waals surface area contributed by atoms with Crippen LogP contribution in [0, 0.1) is 12.7 Å². The molecule has 8 nitrogen and oxygen atoms in total. The van der Waals surface area contributed by atoms with E-state index < -0.39 is 36.9 Å². The normalized spacial score (nSPS) is 14.0. The maximum atomic E-state index is 15.6. The number of nitrogens with one attached hydrogen (secondary N) is 2. The van der Waals surface area contributed by atoms with Gasteiger partial charge in [0.1, 0.15) is 10.7 Å². The molecule has 0 aliphatic carbocycles. The van der Waals surface area contributed by atoms with Gasteiger partial charge in [0.25, 0.3) is 9.84 Å². The number of sulfone groups is 1. The van der Waals surface area contributed by atoms with Gasteiger partial charge in [-0.15, -0.1) is 11.8 Å². The molecule has 0 bridgehead atoms. The monoisotopic (exact) mass is 955 g/mol. The number of nitrogens with zero attached hydrogens (tertiary/aromatic N) is 3. The molecule has 0 amide bonds. The van der Waals surface area contributed by atoms with Gasteiger partial charge >= 0.3 is 5.51 Å². The number of thioether (sulfide) groups is 1. The van der Waals surface area contributed by atoms with E-state index >= 15 is 4.39 Å². The van der Waals surface area contributed by atoms with Crippen molar-refractivity contribution in [1.29, 1.82) is 0 Å². The number of anilines is 4. The van der Waals surface area contributed by atoms with E-state index in [1.165, 1.54) is 30.0 Å². The summed E-state index contributed by atoms with van der Waals surface area (Å²) in [7, 11) is -7.00. The predicted octanol–water partition coefficient (Wildman–Crippen LogP) is 12.2. The number of aromatic nitrogens is 1. The second-order valence-electron chi connectivity index (χ2n) is 15.2. The van der Waals surface area contributed by atoms with Gasteiger partial charge in [0.2, 0.25) is 0 Å². The fraction of sp³-hybridized carbons (Fsp3) is 0.261. The lowest BCUT2D eigenvalue weighted by molar-refractivity contribution is -0.0435. The molecule has 5 aromatic carbocycles. The van der Waals surface area contributed by atoms with E-state index in [2.05, 4.69) is 38.3 Å². The van der Waals surface area contributed by atoms with E-state index in [-0.39, 0.29) is 23.2 Å². The molecule has 1 fully saturated rings. The number of halogens is 5. The summed E-state index contributed by atoms with van der Waals surface area (Å²) in [6.45, 7) is 8.88. The zero-order valence-electron chi connectivity index (χ0n) is 34.9. The van der Waals surface area contributed by atoms with Gasteiger partial charge in [-0.2, -0.15) is 13.2 Å². The zero-order valence-corrected chi connectivity index (χ0v) is 38.9. The minimum atomic E-state index is -5.63. The van der Waals surface area contributed by atoms with E-state index in [0.717, 1.165) is 56.8 Å². The van der Waals surface area contributed by atoms with Crippen LogP contribution in [0.15, 0.2) is 135 Å². The summed E-state index contributed by atoms with van der Waals surface area (Å²) in [5.41, 5.74) is 0.757. The highest BCUT2D eigenvalue weighted by molar-refractivity contribution is 8.00. The molecule has 6 aromatic rings. The Morgan fingerprint density at radius 3 is 2.08 bits per heavy atom. The SMILES string of the molecule is Cc1c(S(C)=O)c(-c2cc(F)cc(N3CCN(c4ccc(NSc5ccc(NCCSc6ccccc6)c(S(=O)(=O)C(F)(F)F)c5)cc4)CC3)c2)c(-c2ccc(Cl)cc2)n1C(C)C. The molecule has 0 spiro atoms. The number of benzene rings is 5. The average molecular weight is 957 g/mol. The van der Waals surface area contributed by atoms with E-state index in [4.69, 9.17) is 11.6 Å². The summed E-state index contributed by atoms with van der Waals surface area (Å²) in [6, 6.07) is 33.6. The first kappa shape index (κ1) is 46.4. The van der Waals surface area contributed by atoms with Gasteiger partial charge < -0.3 is 24.4 Å². The Hall–Kier alpha value is -4.61. The van der Waals surface area contributed by atoms with Crippen LogP contribution in [0.1, 0.15) is 25.6 Å². The van der Waals surface area contributed by atoms with Crippen LogP contribution in [0.4, 0.5) is 40.3 Å². The lowest BCUT2D eigenvalue weighted by Gasteiger charge is -2.37. The van der Waals surface area contributed by atoms with Crippen molar-refractivity contribution in [3.63, 3.8) is 0 Å². The maximum Gasteiger partial charge on any atom is 0.501 e. The van der Waals surface area contributed by atoms with Crippen LogP contribution >= 0.6 is 35.3 Å². The van der Waals surface area contributed by atoms with Crippen LogP contribution < -0.4 is 19.8 Å². The molecule has 17 heteroatoms. The van der Waals surface area contributed by atoms with Gasteiger partial charge in [-0.25, -0.2) is 12.8 Å². The largest absolute Gasteiger partial charge is 0.501 e. The molecule has 0 saturated carbocycles. The molecule has 2 N–H and O–H groups in total. The van der Waals surface area contributed by atoms with Crippen LogP contribution in [-0.4, -0.2) is 67.4 Å². The molecule has 1 atom stereocenters. The van der Waals surface area contributed by atoms with Crippen molar-refractivity contribution in [2.45, 2.75) is 51.9 Å². The molecule has 2 heterocycles. The van der Waals surface area contributed by atoms with Crippen molar-refractivity contribution in [2.75, 3.05) is 64.6 Å².